The number of nitrogens with zero attached hydrogens (tertiary/aromatic N) is 2. The maximum absolute atomic E-state index is 13.7. The lowest BCUT2D eigenvalue weighted by atomic mass is 9.93. The van der Waals surface area contributed by atoms with Crippen molar-refractivity contribution in [2.75, 3.05) is 13.1 Å². The highest BCUT2D eigenvalue weighted by Crippen LogP contribution is 2.47. The minimum Gasteiger partial charge on any atom is -0.480 e. The van der Waals surface area contributed by atoms with Gasteiger partial charge in [-0.2, -0.15) is 0 Å². The van der Waals surface area contributed by atoms with E-state index in [1.807, 2.05) is 12.3 Å². The van der Waals surface area contributed by atoms with Crippen LogP contribution in [0.3, 0.4) is 0 Å². The topological polar surface area (TPSA) is 53.4 Å². The molecular weight excluding hydrogens is 307 g/mol. The van der Waals surface area contributed by atoms with Gasteiger partial charge in [0.05, 0.1) is 5.52 Å². The summed E-state index contributed by atoms with van der Waals surface area (Å²) < 4.78 is 13.7. The van der Waals surface area contributed by atoms with Gasteiger partial charge in [0.15, 0.2) is 0 Å². The zero-order chi connectivity index (χ0) is 16.8. The van der Waals surface area contributed by atoms with Gasteiger partial charge >= 0.3 is 5.97 Å². The lowest BCUT2D eigenvalue weighted by Gasteiger charge is -2.23. The van der Waals surface area contributed by atoms with Crippen molar-refractivity contribution in [2.24, 2.45) is 11.8 Å². The summed E-state index contributed by atoms with van der Waals surface area (Å²) in [5.74, 6) is 0.509. The Balaban J connectivity index is 1.56. The van der Waals surface area contributed by atoms with Crippen LogP contribution in [0.5, 0.6) is 0 Å². The van der Waals surface area contributed by atoms with E-state index in [9.17, 15) is 14.3 Å². The number of halogens is 1. The minimum absolute atomic E-state index is 0.226. The van der Waals surface area contributed by atoms with E-state index in [0.29, 0.717) is 17.8 Å². The van der Waals surface area contributed by atoms with Crippen molar-refractivity contribution in [3.8, 4) is 0 Å². The summed E-state index contributed by atoms with van der Waals surface area (Å²) in [7, 11) is 0. The molecule has 2 unspecified atom stereocenters. The maximum atomic E-state index is 13.7. The fourth-order valence-corrected chi connectivity index (χ4v) is 4.56. The molecule has 2 aromatic rings. The monoisotopic (exact) mass is 328 g/mol. The van der Waals surface area contributed by atoms with Crippen LogP contribution in [0.25, 0.3) is 10.9 Å². The molecule has 24 heavy (non-hydrogen) atoms. The van der Waals surface area contributed by atoms with Gasteiger partial charge in [-0.05, 0) is 67.3 Å². The third-order valence-electron chi connectivity index (χ3n) is 5.86. The zero-order valence-electron chi connectivity index (χ0n) is 13.7. The lowest BCUT2D eigenvalue weighted by molar-refractivity contribution is -0.142. The van der Waals surface area contributed by atoms with Crippen LogP contribution < -0.4 is 0 Å². The molecule has 4 atom stereocenters. The quantitative estimate of drug-likeness (QED) is 0.939. The van der Waals surface area contributed by atoms with Crippen LogP contribution >= 0.6 is 0 Å². The second-order valence-corrected chi connectivity index (χ2v) is 7.22. The lowest BCUT2D eigenvalue weighted by Crippen LogP contribution is -2.37. The summed E-state index contributed by atoms with van der Waals surface area (Å²) in [5.41, 5.74) is 2.03. The molecule has 1 aliphatic carbocycles. The average Bonchev–Trinajstić information content (AvgIpc) is 3.12. The Bertz CT molecular complexity index is 780. The first-order chi connectivity index (χ1) is 11.5. The van der Waals surface area contributed by atoms with E-state index in [2.05, 4.69) is 9.88 Å². The standard InChI is InChI=1S/C19H21FN2O2/c1-11(19(23)24)22-9-13-6-12(7-14(13)10-22)16-4-5-21-18-3-2-15(20)8-17(16)18/h2-5,8,11-14H,6-7,9-10H2,1H3,(H,23,24)/t11?,12?,13-,14+. The zero-order valence-corrected chi connectivity index (χ0v) is 13.7. The third-order valence-corrected chi connectivity index (χ3v) is 5.86. The third kappa shape index (κ3) is 2.57. The van der Waals surface area contributed by atoms with Crippen LogP contribution in [0.1, 0.15) is 31.2 Å². The number of hydrogen-bond acceptors (Lipinski definition) is 3. The summed E-state index contributed by atoms with van der Waals surface area (Å²) in [6, 6.07) is 6.38. The molecule has 1 saturated heterocycles. The molecule has 1 saturated carbocycles. The number of aromatic nitrogens is 1. The highest BCUT2D eigenvalue weighted by molar-refractivity contribution is 5.82. The van der Waals surface area contributed by atoms with Crippen LogP contribution in [-0.2, 0) is 4.79 Å². The Labute approximate surface area is 140 Å². The molecule has 0 radical (unpaired) electrons. The number of rotatable bonds is 3. The van der Waals surface area contributed by atoms with E-state index in [0.717, 1.165) is 36.8 Å². The Morgan fingerprint density at radius 2 is 2.00 bits per heavy atom. The van der Waals surface area contributed by atoms with Gasteiger partial charge in [0.1, 0.15) is 11.9 Å². The summed E-state index contributed by atoms with van der Waals surface area (Å²) in [5, 5.41) is 10.1. The van der Waals surface area contributed by atoms with Crippen LogP contribution in [0.15, 0.2) is 30.5 Å². The minimum atomic E-state index is -0.748. The number of carbonyl (C=O) groups is 1. The molecule has 2 aliphatic rings. The van der Waals surface area contributed by atoms with Gasteiger partial charge in [-0.3, -0.25) is 14.7 Å². The summed E-state index contributed by atoms with van der Waals surface area (Å²) >= 11 is 0. The van der Waals surface area contributed by atoms with Crippen LogP contribution in [-0.4, -0.2) is 40.1 Å². The fourth-order valence-electron chi connectivity index (χ4n) is 4.56. The Morgan fingerprint density at radius 1 is 1.29 bits per heavy atom. The number of carboxylic acids is 1. The molecule has 2 fully saturated rings. The number of pyridine rings is 1. The average molecular weight is 328 g/mol. The van der Waals surface area contributed by atoms with E-state index in [1.165, 1.54) is 11.6 Å². The van der Waals surface area contributed by atoms with Gasteiger partial charge in [0.25, 0.3) is 0 Å². The van der Waals surface area contributed by atoms with Crippen molar-refractivity contribution in [3.05, 3.63) is 41.8 Å². The first-order valence-corrected chi connectivity index (χ1v) is 8.54. The summed E-state index contributed by atoms with van der Waals surface area (Å²) in [6.45, 7) is 3.47. The summed E-state index contributed by atoms with van der Waals surface area (Å²) in [4.78, 5) is 17.6. The molecule has 1 aromatic carbocycles. The predicted molar refractivity (Wildman–Crippen MR) is 89.3 cm³/mol. The fraction of sp³-hybridized carbons (Fsp3) is 0.474. The second kappa shape index (κ2) is 5.81. The number of aliphatic carboxylic acids is 1. The van der Waals surface area contributed by atoms with E-state index in [4.69, 9.17) is 0 Å². The molecular formula is C19H21FN2O2. The number of benzene rings is 1. The smallest absolute Gasteiger partial charge is 0.320 e. The molecule has 4 nitrogen and oxygen atoms in total. The van der Waals surface area contributed by atoms with Crippen molar-refractivity contribution >= 4 is 16.9 Å². The van der Waals surface area contributed by atoms with Gasteiger partial charge in [-0.25, -0.2) is 4.39 Å². The Morgan fingerprint density at radius 3 is 2.67 bits per heavy atom. The first kappa shape index (κ1) is 15.5. The molecule has 1 aromatic heterocycles. The van der Waals surface area contributed by atoms with Crippen LogP contribution in [0.4, 0.5) is 4.39 Å². The molecule has 0 amide bonds. The molecule has 1 aliphatic heterocycles. The number of hydrogen-bond donors (Lipinski definition) is 1. The van der Waals surface area contributed by atoms with E-state index >= 15 is 0 Å². The molecule has 1 N–H and O–H groups in total. The van der Waals surface area contributed by atoms with Crippen LogP contribution in [0, 0.1) is 17.7 Å². The van der Waals surface area contributed by atoms with Crippen molar-refractivity contribution in [3.63, 3.8) is 0 Å². The number of fused-ring (bicyclic) bond motifs is 2. The Kier molecular flexibility index (Phi) is 3.76. The largest absolute Gasteiger partial charge is 0.480 e. The van der Waals surface area contributed by atoms with Crippen molar-refractivity contribution in [1.82, 2.24) is 9.88 Å². The van der Waals surface area contributed by atoms with Gasteiger partial charge in [0, 0.05) is 24.7 Å². The van der Waals surface area contributed by atoms with E-state index in [-0.39, 0.29) is 5.82 Å². The molecule has 4 rings (SSSR count). The Hall–Kier alpha value is -2.01. The van der Waals surface area contributed by atoms with Gasteiger partial charge in [-0.1, -0.05) is 0 Å². The normalized spacial score (nSPS) is 28.2. The highest BCUT2D eigenvalue weighted by Gasteiger charge is 2.43. The van der Waals surface area contributed by atoms with Crippen molar-refractivity contribution in [2.45, 2.75) is 31.7 Å². The predicted octanol–water partition coefficient (Wildman–Crippen LogP) is 3.27. The van der Waals surface area contributed by atoms with Gasteiger partial charge < -0.3 is 5.11 Å². The molecule has 0 spiro atoms. The van der Waals surface area contributed by atoms with E-state index in [1.54, 1.807) is 19.1 Å². The molecule has 2 heterocycles. The molecule has 5 heteroatoms. The van der Waals surface area contributed by atoms with Gasteiger partial charge in [0.2, 0.25) is 0 Å². The second-order valence-electron chi connectivity index (χ2n) is 7.22. The highest BCUT2D eigenvalue weighted by atomic mass is 19.1. The molecule has 0 bridgehead atoms. The van der Waals surface area contributed by atoms with Crippen molar-refractivity contribution in [1.29, 1.82) is 0 Å². The van der Waals surface area contributed by atoms with Crippen LogP contribution in [0.2, 0.25) is 0 Å². The van der Waals surface area contributed by atoms with Gasteiger partial charge in [-0.15, -0.1) is 0 Å². The first-order valence-electron chi connectivity index (χ1n) is 8.54. The SMILES string of the molecule is CC(C(=O)O)N1C[C@H]2CC(c3ccnc4ccc(F)cc34)C[C@H]2C1. The molecule has 126 valence electrons. The number of carboxylic acid groups (broad SMARTS) is 1. The summed E-state index contributed by atoms with van der Waals surface area (Å²) in [6.07, 6.45) is 3.90. The maximum Gasteiger partial charge on any atom is 0.320 e. The van der Waals surface area contributed by atoms with E-state index < -0.39 is 12.0 Å². The number of likely N-dealkylation sites (tertiary alicyclic amines) is 1. The van der Waals surface area contributed by atoms with Crippen molar-refractivity contribution < 1.29 is 14.3 Å².